The molecule has 33 heavy (non-hydrogen) atoms. The number of nitrogens with zero attached hydrogens (tertiary/aromatic N) is 2. The van der Waals surface area contributed by atoms with E-state index in [4.69, 9.17) is 4.74 Å². The lowest BCUT2D eigenvalue weighted by molar-refractivity contribution is -0.385. The molecule has 1 amide bonds. The van der Waals surface area contributed by atoms with E-state index in [9.17, 15) is 20.2 Å². The first-order valence-electron chi connectivity index (χ1n) is 11.2. The number of hydrogen-bond acceptors (Lipinski definition) is 5. The molecule has 0 saturated heterocycles. The van der Waals surface area contributed by atoms with Crippen LogP contribution in [0.25, 0.3) is 6.08 Å². The predicted octanol–water partition coefficient (Wildman–Crippen LogP) is 5.39. The minimum Gasteiger partial charge on any atom is -0.493 e. The Morgan fingerprint density at radius 2 is 1.97 bits per heavy atom. The first-order valence-corrected chi connectivity index (χ1v) is 11.2. The monoisotopic (exact) mass is 447 g/mol. The van der Waals surface area contributed by atoms with Crippen molar-refractivity contribution in [3.8, 4) is 11.8 Å². The number of nitro benzene ring substituents is 1. The number of ether oxygens (including phenoxy) is 1. The standard InChI is InChI=1S/C26H29N3O4/c1-18-8-9-21(19(2)12-18)16-28-26(30)23(15-27)13-22-14-24(10-11-25(22)29(31)32)33-17-20-6-4-3-5-7-20/h8-14,20H,3-7,16-17H2,1-2H3,(H,28,30)/b23-13+. The van der Waals surface area contributed by atoms with Gasteiger partial charge in [0, 0.05) is 12.6 Å². The van der Waals surface area contributed by atoms with Gasteiger partial charge in [0.1, 0.15) is 17.4 Å². The Morgan fingerprint density at radius 1 is 1.21 bits per heavy atom. The largest absolute Gasteiger partial charge is 0.493 e. The maximum absolute atomic E-state index is 12.6. The Hall–Kier alpha value is -3.66. The van der Waals surface area contributed by atoms with Crippen LogP contribution in [0.15, 0.2) is 42.0 Å². The van der Waals surface area contributed by atoms with Gasteiger partial charge in [0.2, 0.25) is 0 Å². The number of nitrogens with one attached hydrogen (secondary N) is 1. The highest BCUT2D eigenvalue weighted by Gasteiger charge is 2.18. The maximum atomic E-state index is 12.6. The van der Waals surface area contributed by atoms with Gasteiger partial charge in [-0.05, 0) is 61.9 Å². The van der Waals surface area contributed by atoms with Crippen LogP contribution in [0.4, 0.5) is 5.69 Å². The fourth-order valence-electron chi connectivity index (χ4n) is 4.09. The van der Waals surface area contributed by atoms with Crippen LogP contribution in [-0.2, 0) is 11.3 Å². The molecule has 1 aliphatic carbocycles. The third-order valence-corrected chi connectivity index (χ3v) is 6.01. The molecule has 1 fully saturated rings. The van der Waals surface area contributed by atoms with Crippen LogP contribution in [0, 0.1) is 41.2 Å². The third-order valence-electron chi connectivity index (χ3n) is 6.01. The molecule has 2 aromatic rings. The Kier molecular flexibility index (Phi) is 8.20. The SMILES string of the molecule is Cc1ccc(CNC(=O)/C(C#N)=C/c2cc(OCC3CCCCC3)ccc2[N+](=O)[O-])c(C)c1. The molecule has 0 radical (unpaired) electrons. The van der Waals surface area contributed by atoms with E-state index in [1.54, 1.807) is 6.07 Å². The molecule has 0 spiro atoms. The normalized spacial score (nSPS) is 14.4. The van der Waals surface area contributed by atoms with Gasteiger partial charge in [-0.3, -0.25) is 14.9 Å². The molecule has 2 aromatic carbocycles. The predicted molar refractivity (Wildman–Crippen MR) is 127 cm³/mol. The number of carbonyl (C=O) groups excluding carboxylic acids is 1. The number of nitriles is 1. The van der Waals surface area contributed by atoms with Gasteiger partial charge in [0.15, 0.2) is 0 Å². The van der Waals surface area contributed by atoms with Crippen molar-refractivity contribution in [2.24, 2.45) is 5.92 Å². The molecule has 7 nitrogen and oxygen atoms in total. The maximum Gasteiger partial charge on any atom is 0.276 e. The van der Waals surface area contributed by atoms with E-state index in [2.05, 4.69) is 5.32 Å². The summed E-state index contributed by atoms with van der Waals surface area (Å²) in [7, 11) is 0. The van der Waals surface area contributed by atoms with Crippen LogP contribution in [0.3, 0.4) is 0 Å². The molecule has 0 aliphatic heterocycles. The van der Waals surface area contributed by atoms with E-state index >= 15 is 0 Å². The van der Waals surface area contributed by atoms with Gasteiger partial charge in [0.25, 0.3) is 11.6 Å². The Balaban J connectivity index is 1.76. The van der Waals surface area contributed by atoms with E-state index in [1.165, 1.54) is 37.5 Å². The van der Waals surface area contributed by atoms with Crippen molar-refractivity contribution >= 4 is 17.7 Å². The summed E-state index contributed by atoms with van der Waals surface area (Å²) in [5, 5.41) is 23.8. The second kappa shape index (κ2) is 11.3. The van der Waals surface area contributed by atoms with Crippen molar-refractivity contribution in [3.05, 3.63) is 74.3 Å². The Bertz CT molecular complexity index is 1100. The quantitative estimate of drug-likeness (QED) is 0.253. The van der Waals surface area contributed by atoms with Crippen molar-refractivity contribution in [2.45, 2.75) is 52.5 Å². The second-order valence-electron chi connectivity index (χ2n) is 8.58. The fourth-order valence-corrected chi connectivity index (χ4v) is 4.09. The Morgan fingerprint density at radius 3 is 2.64 bits per heavy atom. The average molecular weight is 448 g/mol. The van der Waals surface area contributed by atoms with Crippen molar-refractivity contribution in [3.63, 3.8) is 0 Å². The summed E-state index contributed by atoms with van der Waals surface area (Å²) in [6, 6.07) is 12.2. The molecule has 1 N–H and O–H groups in total. The molecule has 0 aromatic heterocycles. The number of hydrogen-bond donors (Lipinski definition) is 1. The van der Waals surface area contributed by atoms with Crippen LogP contribution in [0.1, 0.15) is 54.4 Å². The fraction of sp³-hybridized carbons (Fsp3) is 0.385. The topological polar surface area (TPSA) is 105 Å². The third kappa shape index (κ3) is 6.66. The molecular formula is C26H29N3O4. The summed E-state index contributed by atoms with van der Waals surface area (Å²) >= 11 is 0. The van der Waals surface area contributed by atoms with Crippen molar-refractivity contribution in [1.82, 2.24) is 5.32 Å². The van der Waals surface area contributed by atoms with Crippen LogP contribution in [0.2, 0.25) is 0 Å². The van der Waals surface area contributed by atoms with E-state index in [-0.39, 0.29) is 23.4 Å². The zero-order chi connectivity index (χ0) is 23.8. The molecule has 1 saturated carbocycles. The molecular weight excluding hydrogens is 418 g/mol. The average Bonchev–Trinajstić information content (AvgIpc) is 2.81. The summed E-state index contributed by atoms with van der Waals surface area (Å²) in [5.41, 5.74) is 2.88. The Labute approximate surface area is 194 Å². The lowest BCUT2D eigenvalue weighted by atomic mass is 9.90. The second-order valence-corrected chi connectivity index (χ2v) is 8.58. The molecule has 172 valence electrons. The summed E-state index contributed by atoms with van der Waals surface area (Å²) in [4.78, 5) is 23.6. The van der Waals surface area contributed by atoms with Crippen LogP contribution in [-0.4, -0.2) is 17.4 Å². The van der Waals surface area contributed by atoms with Crippen molar-refractivity contribution in [1.29, 1.82) is 5.26 Å². The highest BCUT2D eigenvalue weighted by atomic mass is 16.6. The van der Waals surface area contributed by atoms with Crippen LogP contribution >= 0.6 is 0 Å². The van der Waals surface area contributed by atoms with E-state index in [0.717, 1.165) is 29.5 Å². The number of rotatable bonds is 8. The first-order chi connectivity index (χ1) is 15.9. The summed E-state index contributed by atoms with van der Waals surface area (Å²) in [6.07, 6.45) is 7.16. The van der Waals surface area contributed by atoms with Gasteiger partial charge in [-0.1, -0.05) is 43.0 Å². The molecule has 7 heteroatoms. The minimum absolute atomic E-state index is 0.166. The molecule has 0 bridgehead atoms. The van der Waals surface area contributed by atoms with Crippen LogP contribution in [0.5, 0.6) is 5.75 Å². The lowest BCUT2D eigenvalue weighted by Gasteiger charge is -2.21. The van der Waals surface area contributed by atoms with Gasteiger partial charge >= 0.3 is 0 Å². The van der Waals surface area contributed by atoms with Gasteiger partial charge < -0.3 is 10.1 Å². The minimum atomic E-state index is -0.583. The number of aryl methyl sites for hydroxylation is 2. The molecule has 1 aliphatic rings. The highest BCUT2D eigenvalue weighted by Crippen LogP contribution is 2.29. The van der Waals surface area contributed by atoms with Crippen molar-refractivity contribution < 1.29 is 14.5 Å². The first kappa shape index (κ1) is 24.0. The van der Waals surface area contributed by atoms with Gasteiger partial charge in [-0.2, -0.15) is 5.26 Å². The van der Waals surface area contributed by atoms with E-state index in [1.807, 2.05) is 38.1 Å². The zero-order valence-electron chi connectivity index (χ0n) is 19.1. The molecule has 3 rings (SSSR count). The molecule has 0 atom stereocenters. The van der Waals surface area contributed by atoms with Crippen molar-refractivity contribution in [2.75, 3.05) is 6.61 Å². The summed E-state index contributed by atoms with van der Waals surface area (Å²) in [6.45, 7) is 4.77. The van der Waals surface area contributed by atoms with Gasteiger partial charge in [-0.25, -0.2) is 0 Å². The van der Waals surface area contributed by atoms with Gasteiger partial charge in [-0.15, -0.1) is 0 Å². The van der Waals surface area contributed by atoms with E-state index in [0.29, 0.717) is 18.3 Å². The number of carbonyl (C=O) groups is 1. The summed E-state index contributed by atoms with van der Waals surface area (Å²) in [5.74, 6) is 0.393. The number of benzene rings is 2. The van der Waals surface area contributed by atoms with Gasteiger partial charge in [0.05, 0.1) is 17.1 Å². The highest BCUT2D eigenvalue weighted by molar-refractivity contribution is 6.02. The zero-order valence-corrected chi connectivity index (χ0v) is 19.1. The smallest absolute Gasteiger partial charge is 0.276 e. The van der Waals surface area contributed by atoms with E-state index < -0.39 is 10.8 Å². The lowest BCUT2D eigenvalue weighted by Crippen LogP contribution is -2.24. The molecule has 0 heterocycles. The number of nitro groups is 1. The number of amides is 1. The summed E-state index contributed by atoms with van der Waals surface area (Å²) < 4.78 is 5.89. The van der Waals surface area contributed by atoms with Crippen LogP contribution < -0.4 is 10.1 Å². The molecule has 0 unspecified atom stereocenters.